The van der Waals surface area contributed by atoms with E-state index in [1.54, 1.807) is 0 Å². The van der Waals surface area contributed by atoms with Crippen LogP contribution >= 0.6 is 0 Å². The van der Waals surface area contributed by atoms with Crippen LogP contribution in [0.25, 0.3) is 0 Å². The molecule has 2 unspecified atom stereocenters. The minimum Gasteiger partial charge on any atom is -0.312 e. The highest BCUT2D eigenvalue weighted by atomic mass is 15.3. The van der Waals surface area contributed by atoms with E-state index in [9.17, 15) is 0 Å². The number of benzene rings is 1. The van der Waals surface area contributed by atoms with E-state index >= 15 is 0 Å². The first-order valence-electron chi connectivity index (χ1n) is 7.11. The predicted molar refractivity (Wildman–Crippen MR) is 77.2 cm³/mol. The van der Waals surface area contributed by atoms with Crippen LogP contribution in [0.1, 0.15) is 42.0 Å². The Kier molecular flexibility index (Phi) is 3.38. The van der Waals surface area contributed by atoms with Crippen molar-refractivity contribution in [1.82, 2.24) is 15.1 Å². The first kappa shape index (κ1) is 12.4. The van der Waals surface area contributed by atoms with Crippen molar-refractivity contribution in [2.24, 2.45) is 0 Å². The fourth-order valence-electron chi connectivity index (χ4n) is 3.09. The number of nitrogens with zero attached hydrogens (tertiary/aromatic N) is 2. The molecule has 0 fully saturated rings. The van der Waals surface area contributed by atoms with Gasteiger partial charge in [0.2, 0.25) is 0 Å². The second-order valence-electron chi connectivity index (χ2n) is 5.31. The van der Waals surface area contributed by atoms with Gasteiger partial charge in [-0.2, -0.15) is 5.10 Å². The second-order valence-corrected chi connectivity index (χ2v) is 5.31. The van der Waals surface area contributed by atoms with Crippen molar-refractivity contribution >= 4 is 0 Å². The molecule has 0 amide bonds. The van der Waals surface area contributed by atoms with Gasteiger partial charge >= 0.3 is 0 Å². The third-order valence-electron chi connectivity index (χ3n) is 4.07. The third kappa shape index (κ3) is 2.19. The van der Waals surface area contributed by atoms with Gasteiger partial charge in [0, 0.05) is 30.3 Å². The van der Waals surface area contributed by atoms with E-state index in [4.69, 9.17) is 0 Å². The molecular weight excluding hydrogens is 234 g/mol. The summed E-state index contributed by atoms with van der Waals surface area (Å²) in [4.78, 5) is 0. The van der Waals surface area contributed by atoms with E-state index in [0.29, 0.717) is 12.0 Å². The molecule has 2 atom stereocenters. The maximum absolute atomic E-state index is 4.45. The zero-order valence-electron chi connectivity index (χ0n) is 11.6. The predicted octanol–water partition coefficient (Wildman–Crippen LogP) is 2.89. The molecule has 1 aliphatic rings. The van der Waals surface area contributed by atoms with Gasteiger partial charge in [-0.15, -0.1) is 0 Å². The summed E-state index contributed by atoms with van der Waals surface area (Å²) < 4.78 is 2.05. The third-order valence-corrected chi connectivity index (χ3v) is 4.07. The average molecular weight is 255 g/mol. The molecule has 0 saturated heterocycles. The molecule has 1 heterocycles. The molecule has 100 valence electrons. The van der Waals surface area contributed by atoms with Crippen molar-refractivity contribution in [3.63, 3.8) is 0 Å². The van der Waals surface area contributed by atoms with Crippen molar-refractivity contribution in [3.05, 3.63) is 53.3 Å². The summed E-state index contributed by atoms with van der Waals surface area (Å²) in [7, 11) is 2.04. The average Bonchev–Trinajstić information content (AvgIpc) is 2.85. The maximum Gasteiger partial charge on any atom is 0.0537 e. The van der Waals surface area contributed by atoms with Crippen LogP contribution in [0.2, 0.25) is 0 Å². The monoisotopic (exact) mass is 255 g/mol. The molecule has 0 spiro atoms. The number of rotatable bonds is 5. The highest BCUT2D eigenvalue weighted by molar-refractivity contribution is 5.42. The lowest BCUT2D eigenvalue weighted by atomic mass is 9.72. The van der Waals surface area contributed by atoms with Crippen molar-refractivity contribution in [1.29, 1.82) is 0 Å². The Bertz CT molecular complexity index is 559. The number of hydrogen-bond donors (Lipinski definition) is 1. The Labute approximate surface area is 114 Å². The van der Waals surface area contributed by atoms with E-state index in [1.807, 2.05) is 17.9 Å². The fourth-order valence-corrected chi connectivity index (χ4v) is 3.09. The largest absolute Gasteiger partial charge is 0.312 e. The lowest BCUT2D eigenvalue weighted by Crippen LogP contribution is -2.31. The quantitative estimate of drug-likeness (QED) is 0.890. The minimum absolute atomic E-state index is 0.375. The highest BCUT2D eigenvalue weighted by Crippen LogP contribution is 2.43. The Morgan fingerprint density at radius 1 is 1.42 bits per heavy atom. The van der Waals surface area contributed by atoms with E-state index in [1.165, 1.54) is 23.1 Å². The van der Waals surface area contributed by atoms with Crippen LogP contribution in [0.4, 0.5) is 0 Å². The molecule has 1 aromatic heterocycles. The zero-order chi connectivity index (χ0) is 13.2. The van der Waals surface area contributed by atoms with Gasteiger partial charge in [-0.05, 0) is 31.0 Å². The minimum atomic E-state index is 0.375. The van der Waals surface area contributed by atoms with Crippen LogP contribution in [-0.4, -0.2) is 16.8 Å². The Morgan fingerprint density at radius 3 is 3.00 bits per heavy atom. The lowest BCUT2D eigenvalue weighted by molar-refractivity contribution is 0.438. The number of aryl methyl sites for hydroxylation is 1. The molecule has 1 aliphatic carbocycles. The summed E-state index contributed by atoms with van der Waals surface area (Å²) in [6.45, 7) is 3.18. The normalized spacial score (nSPS) is 18.7. The number of likely N-dealkylation sites (N-methyl/N-ethyl adjacent to an activating group) is 1. The summed E-state index contributed by atoms with van der Waals surface area (Å²) in [6.07, 6.45) is 6.49. The van der Waals surface area contributed by atoms with E-state index in [2.05, 4.69) is 47.8 Å². The van der Waals surface area contributed by atoms with E-state index in [0.717, 1.165) is 13.0 Å². The number of nitrogens with one attached hydrogen (secondary N) is 1. The summed E-state index contributed by atoms with van der Waals surface area (Å²) >= 11 is 0. The zero-order valence-corrected chi connectivity index (χ0v) is 11.6. The molecule has 19 heavy (non-hydrogen) atoms. The molecule has 0 radical (unpaired) electrons. The SMILES string of the molecule is CCCn1cc(C(NC)C2Cc3ccccc32)cn1. The van der Waals surface area contributed by atoms with Gasteiger partial charge in [-0.25, -0.2) is 0 Å². The standard InChI is InChI=1S/C16H21N3/c1-3-8-19-11-13(10-18-19)16(17-2)15-9-12-6-4-5-7-14(12)15/h4-7,10-11,15-17H,3,8-9H2,1-2H3. The summed E-state index contributed by atoms with van der Waals surface area (Å²) in [6, 6.07) is 9.13. The van der Waals surface area contributed by atoms with Crippen LogP contribution in [0.3, 0.4) is 0 Å². The van der Waals surface area contributed by atoms with Crippen LogP contribution in [0.15, 0.2) is 36.7 Å². The van der Waals surface area contributed by atoms with Crippen LogP contribution < -0.4 is 5.32 Å². The smallest absolute Gasteiger partial charge is 0.0537 e. The molecule has 2 aromatic rings. The summed E-state index contributed by atoms with van der Waals surface area (Å²) in [5.41, 5.74) is 4.29. The van der Waals surface area contributed by atoms with Crippen molar-refractivity contribution in [2.75, 3.05) is 7.05 Å². The lowest BCUT2D eigenvalue weighted by Gasteiger charge is -2.36. The topological polar surface area (TPSA) is 29.9 Å². The van der Waals surface area contributed by atoms with Gasteiger partial charge in [-0.1, -0.05) is 31.2 Å². The molecule has 3 rings (SSSR count). The molecule has 1 N–H and O–H groups in total. The Hall–Kier alpha value is -1.61. The first-order chi connectivity index (χ1) is 9.33. The summed E-state index contributed by atoms with van der Waals surface area (Å²) in [5.74, 6) is 0.584. The number of aromatic nitrogens is 2. The van der Waals surface area contributed by atoms with Gasteiger partial charge in [0.05, 0.1) is 6.20 Å². The number of hydrogen-bond acceptors (Lipinski definition) is 2. The van der Waals surface area contributed by atoms with Crippen LogP contribution in [0, 0.1) is 0 Å². The van der Waals surface area contributed by atoms with Crippen molar-refractivity contribution < 1.29 is 0 Å². The molecule has 3 nitrogen and oxygen atoms in total. The van der Waals surface area contributed by atoms with Crippen LogP contribution in [0.5, 0.6) is 0 Å². The first-order valence-corrected chi connectivity index (χ1v) is 7.11. The molecular formula is C16H21N3. The van der Waals surface area contributed by atoms with Gasteiger partial charge in [0.15, 0.2) is 0 Å². The molecule has 0 aliphatic heterocycles. The van der Waals surface area contributed by atoms with Gasteiger partial charge in [0.1, 0.15) is 0 Å². The molecule has 3 heteroatoms. The van der Waals surface area contributed by atoms with Gasteiger partial charge in [-0.3, -0.25) is 4.68 Å². The van der Waals surface area contributed by atoms with Gasteiger partial charge in [0.25, 0.3) is 0 Å². The Balaban J connectivity index is 1.82. The second kappa shape index (κ2) is 5.17. The summed E-state index contributed by atoms with van der Waals surface area (Å²) in [5, 5.41) is 7.91. The fraction of sp³-hybridized carbons (Fsp3) is 0.438. The highest BCUT2D eigenvalue weighted by Gasteiger charge is 2.33. The maximum atomic E-state index is 4.45. The van der Waals surface area contributed by atoms with Crippen molar-refractivity contribution in [2.45, 2.75) is 38.3 Å². The van der Waals surface area contributed by atoms with Gasteiger partial charge < -0.3 is 5.32 Å². The molecule has 1 aromatic carbocycles. The Morgan fingerprint density at radius 2 is 2.26 bits per heavy atom. The number of fused-ring (bicyclic) bond motifs is 1. The van der Waals surface area contributed by atoms with Crippen LogP contribution in [-0.2, 0) is 13.0 Å². The molecule has 0 bridgehead atoms. The van der Waals surface area contributed by atoms with Crippen molar-refractivity contribution in [3.8, 4) is 0 Å². The van der Waals surface area contributed by atoms with E-state index < -0.39 is 0 Å². The van der Waals surface area contributed by atoms with E-state index in [-0.39, 0.29) is 0 Å². The molecule has 0 saturated carbocycles.